The number of aromatic amines is 1. The first kappa shape index (κ1) is 17.1. The summed E-state index contributed by atoms with van der Waals surface area (Å²) < 4.78 is 0. The van der Waals surface area contributed by atoms with Crippen LogP contribution in [0.2, 0.25) is 0 Å². The van der Waals surface area contributed by atoms with Gasteiger partial charge in [0.15, 0.2) is 0 Å². The highest BCUT2D eigenvalue weighted by Gasteiger charge is 2.24. The van der Waals surface area contributed by atoms with Crippen LogP contribution in [0.25, 0.3) is 0 Å². The molecule has 3 rings (SSSR count). The normalized spacial score (nSPS) is 17.0. The number of nitrogens with one attached hydrogen (secondary N) is 1. The number of carbonyl (C=O) groups excluding carboxylic acids is 1. The van der Waals surface area contributed by atoms with Crippen LogP contribution < -0.4 is 0 Å². The molecular formula is C17H25N5OS. The Morgan fingerprint density at radius 3 is 2.79 bits per heavy atom. The molecule has 130 valence electrons. The Kier molecular flexibility index (Phi) is 5.01. The van der Waals surface area contributed by atoms with Gasteiger partial charge in [-0.25, -0.2) is 4.98 Å². The Labute approximate surface area is 146 Å². The standard InChI is InChI=1S/C17H25N5OS/c1-17(2,3)15-9-14(19-20-15)16(23)22-6-4-5-21(7-8-22)10-13-11-24-12-18-13/h9,11-12H,4-8,10H2,1-3H3,(H,19,20). The Morgan fingerprint density at radius 2 is 2.12 bits per heavy atom. The fraction of sp³-hybridized carbons (Fsp3) is 0.588. The molecule has 0 atom stereocenters. The molecule has 3 heterocycles. The van der Waals surface area contributed by atoms with Crippen LogP contribution in [0, 0.1) is 0 Å². The fourth-order valence-corrected chi connectivity index (χ4v) is 3.40. The van der Waals surface area contributed by atoms with Crippen molar-refractivity contribution in [2.24, 2.45) is 0 Å². The maximum absolute atomic E-state index is 12.7. The first-order valence-electron chi connectivity index (χ1n) is 8.38. The quantitative estimate of drug-likeness (QED) is 0.926. The second-order valence-electron chi connectivity index (χ2n) is 7.32. The van der Waals surface area contributed by atoms with E-state index in [1.54, 1.807) is 11.3 Å². The smallest absolute Gasteiger partial charge is 0.274 e. The molecule has 7 heteroatoms. The molecule has 1 aliphatic rings. The van der Waals surface area contributed by atoms with Gasteiger partial charge in [0.1, 0.15) is 5.69 Å². The van der Waals surface area contributed by atoms with E-state index in [9.17, 15) is 4.79 Å². The highest BCUT2D eigenvalue weighted by Crippen LogP contribution is 2.21. The van der Waals surface area contributed by atoms with Crippen molar-refractivity contribution < 1.29 is 4.79 Å². The third-order valence-electron chi connectivity index (χ3n) is 4.35. The van der Waals surface area contributed by atoms with Gasteiger partial charge in [-0.15, -0.1) is 11.3 Å². The molecule has 0 saturated carbocycles. The van der Waals surface area contributed by atoms with E-state index < -0.39 is 0 Å². The van der Waals surface area contributed by atoms with Gasteiger partial charge in [-0.2, -0.15) is 5.10 Å². The molecule has 1 aliphatic heterocycles. The number of thiazole rings is 1. The lowest BCUT2D eigenvalue weighted by atomic mass is 9.92. The Hall–Kier alpha value is -1.73. The largest absolute Gasteiger partial charge is 0.336 e. The molecule has 1 N–H and O–H groups in total. The molecule has 0 unspecified atom stereocenters. The minimum absolute atomic E-state index is 0.0252. The van der Waals surface area contributed by atoms with Gasteiger partial charge >= 0.3 is 0 Å². The number of amides is 1. The van der Waals surface area contributed by atoms with E-state index in [1.165, 1.54) is 0 Å². The zero-order chi connectivity index (χ0) is 17.2. The van der Waals surface area contributed by atoms with Crippen LogP contribution >= 0.6 is 11.3 Å². The van der Waals surface area contributed by atoms with Gasteiger partial charge in [0, 0.05) is 49.2 Å². The lowest BCUT2D eigenvalue weighted by molar-refractivity contribution is 0.0755. The number of nitrogens with zero attached hydrogens (tertiary/aromatic N) is 4. The molecule has 0 radical (unpaired) electrons. The van der Waals surface area contributed by atoms with E-state index in [-0.39, 0.29) is 11.3 Å². The predicted molar refractivity (Wildman–Crippen MR) is 95.2 cm³/mol. The summed E-state index contributed by atoms with van der Waals surface area (Å²) in [5, 5.41) is 9.32. The monoisotopic (exact) mass is 347 g/mol. The van der Waals surface area contributed by atoms with E-state index in [2.05, 4.69) is 46.2 Å². The number of aromatic nitrogens is 3. The number of hydrogen-bond acceptors (Lipinski definition) is 5. The molecule has 0 aromatic carbocycles. The SMILES string of the molecule is CC(C)(C)c1cc(C(=O)N2CCCN(Cc3cscn3)CC2)n[nH]1. The van der Waals surface area contributed by atoms with E-state index in [1.807, 2.05) is 16.5 Å². The van der Waals surface area contributed by atoms with Crippen molar-refractivity contribution in [1.29, 1.82) is 0 Å². The minimum atomic E-state index is -0.0331. The summed E-state index contributed by atoms with van der Waals surface area (Å²) in [7, 11) is 0. The maximum Gasteiger partial charge on any atom is 0.274 e. The summed E-state index contributed by atoms with van der Waals surface area (Å²) in [5.41, 5.74) is 4.46. The molecule has 1 fully saturated rings. The lowest BCUT2D eigenvalue weighted by Crippen LogP contribution is -2.35. The van der Waals surface area contributed by atoms with Crippen LogP contribution in [-0.4, -0.2) is 57.1 Å². The molecule has 0 aliphatic carbocycles. The van der Waals surface area contributed by atoms with E-state index in [4.69, 9.17) is 0 Å². The summed E-state index contributed by atoms with van der Waals surface area (Å²) in [6.45, 7) is 10.6. The molecule has 1 saturated heterocycles. The first-order valence-corrected chi connectivity index (χ1v) is 9.32. The maximum atomic E-state index is 12.7. The van der Waals surface area contributed by atoms with Crippen molar-refractivity contribution in [2.45, 2.75) is 39.2 Å². The van der Waals surface area contributed by atoms with Crippen molar-refractivity contribution in [3.8, 4) is 0 Å². The highest BCUT2D eigenvalue weighted by atomic mass is 32.1. The first-order chi connectivity index (χ1) is 11.4. The lowest BCUT2D eigenvalue weighted by Gasteiger charge is -2.20. The number of carbonyl (C=O) groups is 1. The summed E-state index contributed by atoms with van der Waals surface area (Å²) in [4.78, 5) is 21.4. The molecule has 1 amide bonds. The second kappa shape index (κ2) is 7.03. The Balaban J connectivity index is 1.61. The summed E-state index contributed by atoms with van der Waals surface area (Å²) in [5.74, 6) is 0.0252. The van der Waals surface area contributed by atoms with Crippen LogP contribution in [0.15, 0.2) is 17.0 Å². The average Bonchev–Trinajstić information content (AvgIpc) is 3.15. The van der Waals surface area contributed by atoms with Crippen molar-refractivity contribution in [2.75, 3.05) is 26.2 Å². The van der Waals surface area contributed by atoms with Gasteiger partial charge in [-0.05, 0) is 12.5 Å². The molecule has 0 spiro atoms. The van der Waals surface area contributed by atoms with Gasteiger partial charge in [-0.1, -0.05) is 20.8 Å². The number of hydrogen-bond donors (Lipinski definition) is 1. The molecule has 2 aromatic rings. The zero-order valence-corrected chi connectivity index (χ0v) is 15.4. The van der Waals surface area contributed by atoms with Crippen molar-refractivity contribution in [1.82, 2.24) is 25.0 Å². The Morgan fingerprint density at radius 1 is 1.29 bits per heavy atom. The summed E-state index contributed by atoms with van der Waals surface area (Å²) in [6, 6.07) is 1.89. The third kappa shape index (κ3) is 4.02. The van der Waals surface area contributed by atoms with Crippen molar-refractivity contribution in [3.05, 3.63) is 34.0 Å². The zero-order valence-electron chi connectivity index (χ0n) is 14.6. The topological polar surface area (TPSA) is 65.1 Å². The van der Waals surface area contributed by atoms with Crippen LogP contribution in [0.3, 0.4) is 0 Å². The fourth-order valence-electron chi connectivity index (χ4n) is 2.85. The molecule has 24 heavy (non-hydrogen) atoms. The second-order valence-corrected chi connectivity index (χ2v) is 8.04. The van der Waals surface area contributed by atoms with Gasteiger partial charge in [0.25, 0.3) is 5.91 Å². The summed E-state index contributed by atoms with van der Waals surface area (Å²) in [6.07, 6.45) is 0.979. The number of H-pyrrole nitrogens is 1. The van der Waals surface area contributed by atoms with E-state index in [0.717, 1.165) is 50.5 Å². The van der Waals surface area contributed by atoms with Crippen LogP contribution in [-0.2, 0) is 12.0 Å². The Bertz CT molecular complexity index is 673. The molecule has 2 aromatic heterocycles. The minimum Gasteiger partial charge on any atom is -0.336 e. The van der Waals surface area contributed by atoms with Gasteiger partial charge in [-0.3, -0.25) is 14.8 Å². The molecule has 0 bridgehead atoms. The van der Waals surface area contributed by atoms with E-state index >= 15 is 0 Å². The van der Waals surface area contributed by atoms with Gasteiger partial charge < -0.3 is 4.90 Å². The van der Waals surface area contributed by atoms with E-state index in [0.29, 0.717) is 5.69 Å². The van der Waals surface area contributed by atoms with Gasteiger partial charge in [0.05, 0.1) is 11.2 Å². The number of rotatable bonds is 3. The summed E-state index contributed by atoms with van der Waals surface area (Å²) >= 11 is 1.63. The van der Waals surface area contributed by atoms with Crippen molar-refractivity contribution in [3.63, 3.8) is 0 Å². The van der Waals surface area contributed by atoms with Crippen LogP contribution in [0.5, 0.6) is 0 Å². The van der Waals surface area contributed by atoms with Crippen LogP contribution in [0.4, 0.5) is 0 Å². The highest BCUT2D eigenvalue weighted by molar-refractivity contribution is 7.07. The van der Waals surface area contributed by atoms with Crippen molar-refractivity contribution >= 4 is 17.2 Å². The molecular weight excluding hydrogens is 322 g/mol. The van der Waals surface area contributed by atoms with Gasteiger partial charge in [0.2, 0.25) is 0 Å². The predicted octanol–water partition coefficient (Wildman–Crippen LogP) is 2.51. The molecule has 6 nitrogen and oxygen atoms in total. The van der Waals surface area contributed by atoms with Crippen LogP contribution in [0.1, 0.15) is 49.1 Å². The third-order valence-corrected chi connectivity index (χ3v) is 4.99. The average molecular weight is 347 g/mol.